The molecular weight excluding hydrogens is 715 g/mol. The third-order valence-electron chi connectivity index (χ3n) is 7.15. The summed E-state index contributed by atoms with van der Waals surface area (Å²) in [5.41, 5.74) is 11.3. The Morgan fingerprint density at radius 3 is 2.19 bits per heavy atom. The predicted molar refractivity (Wildman–Crippen MR) is 153 cm³/mol. The minimum absolute atomic E-state index is 0.00459. The number of imidazole rings is 1. The van der Waals surface area contributed by atoms with Gasteiger partial charge in [-0.3, -0.25) is 22.9 Å². The molecule has 48 heavy (non-hydrogen) atoms. The standard InChI is InChI=1S/C21H30N7O17P3/c22-17-12-19(25-7-24-17)28(8-26-12)21-16(44-46(33,34)35)14(30)11(43-21)6-41-48(38,39)45-47(36,37)40-5-10-13(29)15(31)20(42-10)27-3-1-2-9(4-27)18(23)32/h1-3,7-8,10-11,13-16,20-21,29-31H,4-6H2,(H2,23,32)(H,36,37)(H,38,39)(H2,22,24,25)(H2,33,34,35)/t10-,11-,13-,14-,15-,16-,20-,21-/m1/s1. The number of aliphatic hydroxyl groups is 3. The topological polar surface area (TPSA) is 364 Å². The molecule has 266 valence electrons. The highest BCUT2D eigenvalue weighted by atomic mass is 31.3. The van der Waals surface area contributed by atoms with Crippen LogP contribution >= 0.6 is 23.5 Å². The lowest BCUT2D eigenvalue weighted by molar-refractivity contribution is -0.115. The van der Waals surface area contributed by atoms with Crippen LogP contribution in [0.2, 0.25) is 0 Å². The molecular formula is C21H30N7O17P3. The second-order valence-electron chi connectivity index (χ2n) is 10.4. The maximum atomic E-state index is 12.6. The number of nitrogen functional groups attached to an aromatic ring is 1. The van der Waals surface area contributed by atoms with Crippen molar-refractivity contribution in [3.63, 3.8) is 0 Å². The zero-order valence-corrected chi connectivity index (χ0v) is 26.8. The average molecular weight is 745 g/mol. The Balaban J connectivity index is 1.19. The zero-order chi connectivity index (χ0) is 35.2. The van der Waals surface area contributed by atoms with Crippen molar-refractivity contribution in [3.05, 3.63) is 36.6 Å². The molecule has 2 fully saturated rings. The van der Waals surface area contributed by atoms with Crippen molar-refractivity contribution in [2.75, 3.05) is 25.5 Å². The van der Waals surface area contributed by atoms with Gasteiger partial charge in [-0.25, -0.2) is 28.6 Å². The molecule has 0 bridgehead atoms. The van der Waals surface area contributed by atoms with Crippen LogP contribution in [0.25, 0.3) is 11.2 Å². The summed E-state index contributed by atoms with van der Waals surface area (Å²) in [6.07, 6.45) is -6.54. The Hall–Kier alpha value is -2.73. The van der Waals surface area contributed by atoms with Gasteiger partial charge in [0.05, 0.1) is 26.1 Å². The van der Waals surface area contributed by atoms with Gasteiger partial charge in [-0.1, -0.05) is 6.08 Å². The summed E-state index contributed by atoms with van der Waals surface area (Å²) < 4.78 is 67.2. The first-order chi connectivity index (χ1) is 22.4. The first-order valence-corrected chi connectivity index (χ1v) is 18.0. The molecule has 3 aliphatic heterocycles. The van der Waals surface area contributed by atoms with Crippen molar-refractivity contribution in [1.29, 1.82) is 0 Å². The number of hydrogen-bond acceptors (Lipinski definition) is 18. The fraction of sp³-hybridized carbons (Fsp3) is 0.524. The molecule has 0 aliphatic carbocycles. The van der Waals surface area contributed by atoms with Crippen LogP contribution in [0.5, 0.6) is 0 Å². The lowest BCUT2D eigenvalue weighted by atomic mass is 10.1. The number of fused-ring (bicyclic) bond motifs is 1. The summed E-state index contributed by atoms with van der Waals surface area (Å²) in [6, 6.07) is 0. The van der Waals surface area contributed by atoms with E-state index in [0.29, 0.717) is 0 Å². The maximum absolute atomic E-state index is 12.6. The van der Waals surface area contributed by atoms with Gasteiger partial charge in [0.15, 0.2) is 23.9 Å². The van der Waals surface area contributed by atoms with Gasteiger partial charge in [-0.15, -0.1) is 0 Å². The lowest BCUT2D eigenvalue weighted by Gasteiger charge is -2.31. The van der Waals surface area contributed by atoms with Gasteiger partial charge in [-0.05, 0) is 6.08 Å². The van der Waals surface area contributed by atoms with E-state index in [2.05, 4.69) is 23.8 Å². The third kappa shape index (κ3) is 8.17. The molecule has 5 rings (SSSR count). The fourth-order valence-electron chi connectivity index (χ4n) is 4.97. The molecule has 1 amide bonds. The number of phosphoric acid groups is 3. The van der Waals surface area contributed by atoms with E-state index in [1.807, 2.05) is 0 Å². The quantitative estimate of drug-likeness (QED) is 0.0927. The Morgan fingerprint density at radius 2 is 1.56 bits per heavy atom. The smallest absolute Gasteiger partial charge is 0.387 e. The fourth-order valence-corrected chi connectivity index (χ4v) is 7.61. The molecule has 27 heteroatoms. The Morgan fingerprint density at radius 1 is 0.938 bits per heavy atom. The number of carbonyl (C=O) groups is 1. The SMILES string of the molecule is NC(=O)C1=CC=CN([C@@H]2O[C@H](COP(=O)(O)OP(=O)(O)OC[C@H]3O[C@@H](n4cnc5c(N)ncnc54)[C@H](OP(=O)(O)O)[C@@H]3O)[C@@H](O)[C@H]2O)C1. The molecule has 2 unspecified atom stereocenters. The summed E-state index contributed by atoms with van der Waals surface area (Å²) in [5, 5.41) is 31.6. The Bertz CT molecular complexity index is 1740. The Labute approximate surface area is 268 Å². The van der Waals surface area contributed by atoms with Gasteiger partial charge in [0, 0.05) is 11.8 Å². The third-order valence-corrected chi connectivity index (χ3v) is 10.3. The Kier molecular flexibility index (Phi) is 10.6. The first-order valence-electron chi connectivity index (χ1n) is 13.5. The van der Waals surface area contributed by atoms with Crippen LogP contribution in [0, 0.1) is 0 Å². The summed E-state index contributed by atoms with van der Waals surface area (Å²) in [5.74, 6) is -0.791. The van der Waals surface area contributed by atoms with E-state index in [4.69, 9.17) is 30.0 Å². The van der Waals surface area contributed by atoms with Crippen LogP contribution in [-0.4, -0.2) is 128 Å². The monoisotopic (exact) mass is 745 g/mol. The van der Waals surface area contributed by atoms with Gasteiger partial charge in [0.2, 0.25) is 5.91 Å². The van der Waals surface area contributed by atoms with E-state index in [9.17, 15) is 53.4 Å². The molecule has 5 heterocycles. The molecule has 3 aliphatic rings. The van der Waals surface area contributed by atoms with Crippen LogP contribution in [0.4, 0.5) is 5.82 Å². The number of anilines is 1. The number of amides is 1. The second kappa shape index (κ2) is 13.9. The van der Waals surface area contributed by atoms with E-state index in [1.54, 1.807) is 0 Å². The highest BCUT2D eigenvalue weighted by Gasteiger charge is 2.51. The van der Waals surface area contributed by atoms with Gasteiger partial charge in [0.25, 0.3) is 0 Å². The molecule has 24 nitrogen and oxygen atoms in total. The van der Waals surface area contributed by atoms with Gasteiger partial charge in [0.1, 0.15) is 48.5 Å². The lowest BCUT2D eigenvalue weighted by Crippen LogP contribution is -2.43. The average Bonchev–Trinajstić information content (AvgIpc) is 3.64. The van der Waals surface area contributed by atoms with Crippen molar-refractivity contribution >= 4 is 46.4 Å². The van der Waals surface area contributed by atoms with E-state index in [-0.39, 0.29) is 29.1 Å². The minimum Gasteiger partial charge on any atom is -0.387 e. The number of primary amides is 1. The van der Waals surface area contributed by atoms with Gasteiger partial charge >= 0.3 is 23.5 Å². The second-order valence-corrected chi connectivity index (χ2v) is 14.7. The molecule has 2 aromatic heterocycles. The van der Waals surface area contributed by atoms with Crippen LogP contribution in [0.3, 0.4) is 0 Å². The van der Waals surface area contributed by atoms with Crippen LogP contribution in [0.1, 0.15) is 6.23 Å². The molecule has 0 spiro atoms. The van der Waals surface area contributed by atoms with Crippen LogP contribution in [-0.2, 0) is 45.8 Å². The van der Waals surface area contributed by atoms with E-state index in [1.165, 1.54) is 23.3 Å². The molecule has 2 aromatic rings. The number of hydrogen-bond donors (Lipinski definition) is 9. The normalized spacial score (nSPS) is 31.9. The van der Waals surface area contributed by atoms with Crippen molar-refractivity contribution < 1.29 is 80.7 Å². The molecule has 10 atom stereocenters. The number of nitrogens with zero attached hydrogens (tertiary/aromatic N) is 5. The number of nitrogens with two attached hydrogens (primary N) is 2. The van der Waals surface area contributed by atoms with Crippen LogP contribution < -0.4 is 11.5 Å². The number of ether oxygens (including phenoxy) is 2. The summed E-state index contributed by atoms with van der Waals surface area (Å²) in [4.78, 5) is 63.5. The highest BCUT2D eigenvalue weighted by molar-refractivity contribution is 7.61. The van der Waals surface area contributed by atoms with E-state index >= 15 is 0 Å². The van der Waals surface area contributed by atoms with Crippen LogP contribution in [0.15, 0.2) is 36.6 Å². The number of rotatable bonds is 13. The first kappa shape index (κ1) is 36.5. The van der Waals surface area contributed by atoms with E-state index < -0.39 is 91.7 Å². The summed E-state index contributed by atoms with van der Waals surface area (Å²) >= 11 is 0. The number of carbonyl (C=O) groups excluding carboxylic acids is 1. The maximum Gasteiger partial charge on any atom is 0.481 e. The zero-order valence-electron chi connectivity index (χ0n) is 24.1. The molecule has 2 saturated heterocycles. The van der Waals surface area contributed by atoms with Gasteiger partial charge < -0.3 is 60.7 Å². The van der Waals surface area contributed by atoms with Crippen molar-refractivity contribution in [3.8, 4) is 0 Å². The highest BCUT2D eigenvalue weighted by Crippen LogP contribution is 2.61. The number of aromatic nitrogens is 4. The number of phosphoric ester groups is 3. The summed E-state index contributed by atoms with van der Waals surface area (Å²) in [7, 11) is -16.3. The largest absolute Gasteiger partial charge is 0.481 e. The van der Waals surface area contributed by atoms with E-state index in [0.717, 1.165) is 17.2 Å². The molecule has 0 aromatic carbocycles. The predicted octanol–water partition coefficient (Wildman–Crippen LogP) is -2.92. The van der Waals surface area contributed by atoms with Gasteiger partial charge in [-0.2, -0.15) is 4.31 Å². The number of aliphatic hydroxyl groups excluding tert-OH is 3. The molecule has 0 saturated carbocycles. The number of allylic oxidation sites excluding steroid dienone is 2. The molecule has 0 radical (unpaired) electrons. The van der Waals surface area contributed by atoms with Crippen molar-refractivity contribution in [2.24, 2.45) is 5.73 Å². The van der Waals surface area contributed by atoms with Crippen molar-refractivity contribution in [1.82, 2.24) is 24.4 Å². The summed E-state index contributed by atoms with van der Waals surface area (Å²) in [6.45, 7) is -2.10. The minimum atomic E-state index is -5.52. The van der Waals surface area contributed by atoms with Crippen molar-refractivity contribution in [2.45, 2.75) is 49.1 Å². The molecule has 11 N–H and O–H groups in total.